The van der Waals surface area contributed by atoms with Crippen molar-refractivity contribution in [2.24, 2.45) is 0 Å². The molecule has 0 aromatic heterocycles. The van der Waals surface area contributed by atoms with E-state index in [4.69, 9.17) is 0 Å². The van der Waals surface area contributed by atoms with E-state index in [0.29, 0.717) is 6.42 Å². The third-order valence-corrected chi connectivity index (χ3v) is 2.78. The van der Waals surface area contributed by atoms with Crippen molar-refractivity contribution in [2.75, 3.05) is 6.54 Å². The summed E-state index contributed by atoms with van der Waals surface area (Å²) in [5, 5.41) is 2.98. The number of unbranched alkanes of at least 4 members (excludes halogenated alkanes) is 5. The number of hydrogen-bond acceptors (Lipinski definition) is 1. The van der Waals surface area contributed by atoms with Crippen LogP contribution in [0.25, 0.3) is 0 Å². The van der Waals surface area contributed by atoms with Crippen molar-refractivity contribution in [3.63, 3.8) is 0 Å². The van der Waals surface area contributed by atoms with E-state index in [-0.39, 0.29) is 5.91 Å². The number of amides is 1. The van der Waals surface area contributed by atoms with Gasteiger partial charge < -0.3 is 5.32 Å². The number of hydrogen-bond donors (Lipinski definition) is 1. The quantitative estimate of drug-likeness (QED) is 0.425. The van der Waals surface area contributed by atoms with Crippen molar-refractivity contribution in [1.29, 1.82) is 0 Å². The van der Waals surface area contributed by atoms with E-state index in [0.717, 1.165) is 38.6 Å². The molecule has 0 aromatic carbocycles. The smallest absolute Gasteiger partial charge is 0.219 e. The van der Waals surface area contributed by atoms with Crippen molar-refractivity contribution in [3.05, 3.63) is 12.2 Å². The highest BCUT2D eigenvalue weighted by molar-refractivity contribution is 5.75. The number of rotatable bonds is 11. The maximum absolute atomic E-state index is 11.4. The van der Waals surface area contributed by atoms with E-state index in [2.05, 4.69) is 31.3 Å². The lowest BCUT2D eigenvalue weighted by atomic mass is 10.1. The second-order valence-electron chi connectivity index (χ2n) is 4.54. The van der Waals surface area contributed by atoms with Crippen LogP contribution < -0.4 is 5.32 Å². The fourth-order valence-corrected chi connectivity index (χ4v) is 1.70. The number of nitrogens with one attached hydrogen (secondary N) is 1. The molecule has 1 N–H and O–H groups in total. The Morgan fingerprint density at radius 1 is 1.00 bits per heavy atom. The Labute approximate surface area is 107 Å². The van der Waals surface area contributed by atoms with Gasteiger partial charge in [0.25, 0.3) is 0 Å². The molecule has 0 atom stereocenters. The summed E-state index contributed by atoms with van der Waals surface area (Å²) in [6.07, 6.45) is 14.4. The van der Waals surface area contributed by atoms with Crippen molar-refractivity contribution in [3.8, 4) is 0 Å². The summed E-state index contributed by atoms with van der Waals surface area (Å²) >= 11 is 0. The van der Waals surface area contributed by atoms with Crippen LogP contribution >= 0.6 is 0 Å². The summed E-state index contributed by atoms with van der Waals surface area (Å²) in [5.74, 6) is 0.227. The monoisotopic (exact) mass is 239 g/mol. The molecule has 0 rings (SSSR count). The Morgan fingerprint density at radius 3 is 2.53 bits per heavy atom. The second kappa shape index (κ2) is 13.3. The lowest BCUT2D eigenvalue weighted by Gasteiger charge is -2.04. The predicted molar refractivity (Wildman–Crippen MR) is 75.1 cm³/mol. The van der Waals surface area contributed by atoms with E-state index in [9.17, 15) is 4.79 Å². The van der Waals surface area contributed by atoms with Crippen LogP contribution in [-0.4, -0.2) is 12.5 Å². The summed E-state index contributed by atoms with van der Waals surface area (Å²) in [7, 11) is 0. The van der Waals surface area contributed by atoms with Crippen molar-refractivity contribution < 1.29 is 4.79 Å². The van der Waals surface area contributed by atoms with Crippen LogP contribution in [0.15, 0.2) is 12.2 Å². The van der Waals surface area contributed by atoms with E-state index < -0.39 is 0 Å². The molecule has 2 heteroatoms. The van der Waals surface area contributed by atoms with Crippen LogP contribution in [-0.2, 0) is 4.79 Å². The topological polar surface area (TPSA) is 29.1 Å². The first-order valence-corrected chi connectivity index (χ1v) is 7.23. The molecule has 1 amide bonds. The molecule has 17 heavy (non-hydrogen) atoms. The molecule has 0 aliphatic carbocycles. The first kappa shape index (κ1) is 16.2. The maximum Gasteiger partial charge on any atom is 0.219 e. The van der Waals surface area contributed by atoms with Crippen LogP contribution in [0.1, 0.15) is 71.6 Å². The molecule has 0 bridgehead atoms. The number of carbonyl (C=O) groups excluding carboxylic acids is 1. The van der Waals surface area contributed by atoms with Gasteiger partial charge in [-0.3, -0.25) is 4.79 Å². The minimum Gasteiger partial charge on any atom is -0.356 e. The molecule has 0 fully saturated rings. The summed E-state index contributed by atoms with van der Waals surface area (Å²) in [6.45, 7) is 5.18. The van der Waals surface area contributed by atoms with E-state index >= 15 is 0 Å². The summed E-state index contributed by atoms with van der Waals surface area (Å²) in [6, 6.07) is 0. The SMILES string of the molecule is CC/C=C\CCCCCC(=O)NCCCCC. The van der Waals surface area contributed by atoms with Crippen LogP contribution in [0, 0.1) is 0 Å². The molecule has 0 saturated carbocycles. The largest absolute Gasteiger partial charge is 0.356 e. The molecule has 0 aliphatic heterocycles. The Balaban J connectivity index is 3.19. The van der Waals surface area contributed by atoms with Gasteiger partial charge in [-0.25, -0.2) is 0 Å². The Kier molecular flexibility index (Phi) is 12.7. The molecule has 100 valence electrons. The lowest BCUT2D eigenvalue weighted by Crippen LogP contribution is -2.23. The van der Waals surface area contributed by atoms with Crippen LogP contribution in [0.2, 0.25) is 0 Å². The zero-order valence-corrected chi connectivity index (χ0v) is 11.6. The zero-order valence-electron chi connectivity index (χ0n) is 11.6. The highest BCUT2D eigenvalue weighted by atomic mass is 16.1. The minimum absolute atomic E-state index is 0.227. The fourth-order valence-electron chi connectivity index (χ4n) is 1.70. The van der Waals surface area contributed by atoms with Crippen molar-refractivity contribution in [2.45, 2.75) is 71.6 Å². The summed E-state index contributed by atoms with van der Waals surface area (Å²) in [5.41, 5.74) is 0. The Hall–Kier alpha value is -0.790. The molecule has 0 heterocycles. The first-order chi connectivity index (χ1) is 8.31. The predicted octanol–water partition coefficient (Wildman–Crippen LogP) is 4.21. The van der Waals surface area contributed by atoms with Gasteiger partial charge >= 0.3 is 0 Å². The van der Waals surface area contributed by atoms with Gasteiger partial charge in [-0.15, -0.1) is 0 Å². The highest BCUT2D eigenvalue weighted by Gasteiger charge is 1.99. The standard InChI is InChI=1S/C15H29NO/c1-3-5-7-8-9-10-11-13-15(17)16-14-12-6-4-2/h5,7H,3-4,6,8-14H2,1-2H3,(H,16,17)/b7-5-. The number of carbonyl (C=O) groups is 1. The summed E-state index contributed by atoms with van der Waals surface area (Å²) < 4.78 is 0. The van der Waals surface area contributed by atoms with Crippen molar-refractivity contribution >= 4 is 5.91 Å². The summed E-state index contributed by atoms with van der Waals surface area (Å²) in [4.78, 5) is 11.4. The lowest BCUT2D eigenvalue weighted by molar-refractivity contribution is -0.121. The molecule has 0 radical (unpaired) electrons. The van der Waals surface area contributed by atoms with Crippen LogP contribution in [0.5, 0.6) is 0 Å². The van der Waals surface area contributed by atoms with Gasteiger partial charge in [-0.2, -0.15) is 0 Å². The third kappa shape index (κ3) is 13.1. The maximum atomic E-state index is 11.4. The average Bonchev–Trinajstić information content (AvgIpc) is 2.33. The third-order valence-electron chi connectivity index (χ3n) is 2.78. The van der Waals surface area contributed by atoms with Crippen LogP contribution in [0.4, 0.5) is 0 Å². The average molecular weight is 239 g/mol. The van der Waals surface area contributed by atoms with Crippen LogP contribution in [0.3, 0.4) is 0 Å². The van der Waals surface area contributed by atoms with Crippen molar-refractivity contribution in [1.82, 2.24) is 5.32 Å². The molecule has 0 aromatic rings. The molecule has 0 aliphatic rings. The van der Waals surface area contributed by atoms with Gasteiger partial charge in [0.2, 0.25) is 5.91 Å². The molecular weight excluding hydrogens is 210 g/mol. The number of allylic oxidation sites excluding steroid dienone is 2. The Morgan fingerprint density at radius 2 is 1.82 bits per heavy atom. The van der Waals surface area contributed by atoms with Gasteiger partial charge in [-0.1, -0.05) is 45.3 Å². The molecule has 0 unspecified atom stereocenters. The van der Waals surface area contributed by atoms with Gasteiger partial charge in [-0.05, 0) is 32.1 Å². The van der Waals surface area contributed by atoms with Gasteiger partial charge in [0.05, 0.1) is 0 Å². The molecule has 0 saturated heterocycles. The van der Waals surface area contributed by atoms with E-state index in [1.54, 1.807) is 0 Å². The van der Waals surface area contributed by atoms with Gasteiger partial charge in [0.1, 0.15) is 0 Å². The molecule has 2 nitrogen and oxygen atoms in total. The van der Waals surface area contributed by atoms with E-state index in [1.807, 2.05) is 0 Å². The zero-order chi connectivity index (χ0) is 12.8. The highest BCUT2D eigenvalue weighted by Crippen LogP contribution is 2.04. The first-order valence-electron chi connectivity index (χ1n) is 7.23. The fraction of sp³-hybridized carbons (Fsp3) is 0.800. The molecular formula is C15H29NO. The normalized spacial score (nSPS) is 10.9. The molecule has 0 spiro atoms. The minimum atomic E-state index is 0.227. The van der Waals surface area contributed by atoms with Gasteiger partial charge in [0, 0.05) is 13.0 Å². The Bertz CT molecular complexity index is 199. The van der Waals surface area contributed by atoms with Gasteiger partial charge in [0.15, 0.2) is 0 Å². The van der Waals surface area contributed by atoms with E-state index in [1.165, 1.54) is 19.3 Å². The second-order valence-corrected chi connectivity index (χ2v) is 4.54.